The number of hydrogen-bond donors (Lipinski definition) is 7. The van der Waals surface area contributed by atoms with Crippen molar-refractivity contribution in [3.05, 3.63) is 63.7 Å². The summed E-state index contributed by atoms with van der Waals surface area (Å²) in [5.41, 5.74) is 4.46. The second kappa shape index (κ2) is 15.4. The lowest BCUT2D eigenvalue weighted by atomic mass is 9.71. The lowest BCUT2D eigenvalue weighted by Gasteiger charge is -2.43. The van der Waals surface area contributed by atoms with Gasteiger partial charge >= 0.3 is 0 Å². The van der Waals surface area contributed by atoms with E-state index in [1.807, 2.05) is 0 Å². The van der Waals surface area contributed by atoms with E-state index in [4.69, 9.17) is 19.9 Å². The first kappa shape index (κ1) is 38.7. The molecule has 17 heteroatoms. The van der Waals surface area contributed by atoms with Gasteiger partial charge in [0.1, 0.15) is 22.8 Å². The van der Waals surface area contributed by atoms with E-state index in [9.17, 15) is 49.5 Å². The fourth-order valence-corrected chi connectivity index (χ4v) is 7.47. The number of hydrazone groups is 1. The average Bonchev–Trinajstić information content (AvgIpc) is 3.46. The molecule has 2 aliphatic heterocycles. The summed E-state index contributed by atoms with van der Waals surface area (Å²) in [5.74, 6) is -4.25. The molecule has 2 aromatic carbocycles. The molecule has 1 fully saturated rings. The number of ether oxygens (including phenoxy) is 3. The summed E-state index contributed by atoms with van der Waals surface area (Å²) in [6.45, 7) is 0.910. The Balaban J connectivity index is 1.29. The number of benzene rings is 2. The number of aliphatic hydroxyl groups excluding tert-OH is 2. The molecule has 0 unspecified atom stereocenters. The predicted octanol–water partition coefficient (Wildman–Crippen LogP) is 0.390. The van der Waals surface area contributed by atoms with E-state index in [0.29, 0.717) is 19.3 Å². The van der Waals surface area contributed by atoms with E-state index in [-0.39, 0.29) is 53.1 Å². The Bertz CT molecular complexity index is 1930. The molecule has 0 aromatic heterocycles. The molecule has 3 amide bonds. The number of phenolic OH excluding ortho intramolecular Hbond substituents is 2. The Morgan fingerprint density at radius 3 is 2.43 bits per heavy atom. The zero-order valence-corrected chi connectivity index (χ0v) is 29.6. The fraction of sp³-hybridized carbons (Fsp3) is 0.459. The number of unbranched alkanes of at least 4 members (excludes halogenated alkanes) is 2. The van der Waals surface area contributed by atoms with Gasteiger partial charge in [-0.2, -0.15) is 5.10 Å². The van der Waals surface area contributed by atoms with Crippen LogP contribution in [0.3, 0.4) is 0 Å². The van der Waals surface area contributed by atoms with E-state index in [2.05, 4.69) is 10.5 Å². The highest BCUT2D eigenvalue weighted by Crippen LogP contribution is 2.52. The van der Waals surface area contributed by atoms with Gasteiger partial charge in [0, 0.05) is 67.1 Å². The number of hydrogen-bond acceptors (Lipinski definition) is 15. The molecule has 288 valence electrons. The van der Waals surface area contributed by atoms with E-state index in [0.717, 1.165) is 4.90 Å². The molecular formula is C37H42N4O13. The minimum Gasteiger partial charge on any atom is -0.507 e. The van der Waals surface area contributed by atoms with Gasteiger partial charge in [0.05, 0.1) is 54.4 Å². The zero-order valence-electron chi connectivity index (χ0n) is 29.6. The van der Waals surface area contributed by atoms with E-state index in [1.54, 1.807) is 6.92 Å². The van der Waals surface area contributed by atoms with Gasteiger partial charge in [0.25, 0.3) is 11.8 Å². The summed E-state index contributed by atoms with van der Waals surface area (Å²) in [6.07, 6.45) is -1.56. The van der Waals surface area contributed by atoms with Crippen molar-refractivity contribution >= 4 is 35.0 Å². The second-order valence-electron chi connectivity index (χ2n) is 13.8. The third-order valence-electron chi connectivity index (χ3n) is 10.3. The summed E-state index contributed by atoms with van der Waals surface area (Å²) in [7, 11) is 1.32. The number of nitrogens with zero attached hydrogens (tertiary/aromatic N) is 2. The van der Waals surface area contributed by atoms with Crippen LogP contribution in [0.2, 0.25) is 0 Å². The number of nitrogens with one attached hydrogen (secondary N) is 1. The number of rotatable bonds is 12. The van der Waals surface area contributed by atoms with Gasteiger partial charge in [-0.15, -0.1) is 0 Å². The molecule has 4 aliphatic rings. The van der Waals surface area contributed by atoms with Gasteiger partial charge in [-0.1, -0.05) is 18.6 Å². The Morgan fingerprint density at radius 2 is 1.76 bits per heavy atom. The van der Waals surface area contributed by atoms with Gasteiger partial charge in [-0.25, -0.2) is 5.43 Å². The van der Waals surface area contributed by atoms with Crippen LogP contribution in [0.25, 0.3) is 0 Å². The summed E-state index contributed by atoms with van der Waals surface area (Å²) in [4.78, 5) is 65.1. The molecule has 2 heterocycles. The second-order valence-corrected chi connectivity index (χ2v) is 13.8. The lowest BCUT2D eigenvalue weighted by molar-refractivity contribution is -0.245. The maximum Gasteiger partial charge on any atom is 0.253 e. The molecular weight excluding hydrogens is 708 g/mol. The van der Waals surface area contributed by atoms with Crippen LogP contribution >= 0.6 is 0 Å². The normalized spacial score (nSPS) is 26.4. The maximum absolute atomic E-state index is 14.0. The van der Waals surface area contributed by atoms with Gasteiger partial charge < -0.3 is 45.5 Å². The number of nitrogens with two attached hydrogens (primary N) is 1. The zero-order chi connectivity index (χ0) is 39.1. The molecule has 2 aromatic rings. The topological polar surface area (TPSA) is 268 Å². The summed E-state index contributed by atoms with van der Waals surface area (Å²) >= 11 is 0. The highest BCUT2D eigenvalue weighted by atomic mass is 16.7. The van der Waals surface area contributed by atoms with Crippen LogP contribution < -0.4 is 15.9 Å². The number of fused-ring (bicyclic) bond motifs is 3. The summed E-state index contributed by atoms with van der Waals surface area (Å²) in [5, 5.41) is 60.5. The summed E-state index contributed by atoms with van der Waals surface area (Å²) < 4.78 is 17.4. The summed E-state index contributed by atoms with van der Waals surface area (Å²) in [6, 6.07) is 3.57. The third-order valence-corrected chi connectivity index (χ3v) is 10.3. The highest BCUT2D eigenvalue weighted by molar-refractivity contribution is 6.31. The maximum atomic E-state index is 14.0. The smallest absolute Gasteiger partial charge is 0.253 e. The number of carbonyl (C=O) groups excluding carboxylic acids is 5. The monoisotopic (exact) mass is 750 g/mol. The Hall–Kier alpha value is -5.04. The first-order valence-corrected chi connectivity index (χ1v) is 17.5. The molecule has 6 rings (SSSR count). The van der Waals surface area contributed by atoms with E-state index < -0.39 is 108 Å². The molecule has 1 saturated heterocycles. The van der Waals surface area contributed by atoms with Gasteiger partial charge in [-0.3, -0.25) is 28.9 Å². The minimum atomic E-state index is -2.16. The highest BCUT2D eigenvalue weighted by Gasteiger charge is 2.49. The number of amides is 3. The quantitative estimate of drug-likeness (QED) is 0.0434. The molecule has 0 saturated carbocycles. The number of aromatic hydroxyl groups is 2. The van der Waals surface area contributed by atoms with E-state index in [1.165, 1.54) is 37.5 Å². The number of aliphatic hydroxyl groups is 3. The van der Waals surface area contributed by atoms with Crippen molar-refractivity contribution in [1.29, 1.82) is 0 Å². The van der Waals surface area contributed by atoms with Crippen molar-refractivity contribution in [3.63, 3.8) is 0 Å². The molecule has 0 radical (unpaired) electrons. The molecule has 0 bridgehead atoms. The fourth-order valence-electron chi connectivity index (χ4n) is 7.47. The van der Waals surface area contributed by atoms with Crippen molar-refractivity contribution < 1.29 is 63.7 Å². The van der Waals surface area contributed by atoms with Crippen molar-refractivity contribution in [2.45, 2.75) is 88.1 Å². The number of methoxy groups -OCH3 is 1. The molecule has 54 heavy (non-hydrogen) atoms. The van der Waals surface area contributed by atoms with Crippen molar-refractivity contribution in [2.24, 2.45) is 10.8 Å². The minimum absolute atomic E-state index is 0.0120. The number of carbonyl (C=O) groups is 5. The van der Waals surface area contributed by atoms with Crippen LogP contribution in [0, 0.1) is 0 Å². The van der Waals surface area contributed by atoms with Crippen LogP contribution in [0.1, 0.15) is 94.5 Å². The molecule has 6 atom stereocenters. The Kier molecular flexibility index (Phi) is 11.0. The van der Waals surface area contributed by atoms with Crippen molar-refractivity contribution in [1.82, 2.24) is 10.3 Å². The first-order valence-electron chi connectivity index (χ1n) is 17.5. The van der Waals surface area contributed by atoms with Gasteiger partial charge in [0.15, 0.2) is 12.1 Å². The number of phenols is 2. The van der Waals surface area contributed by atoms with E-state index >= 15 is 0 Å². The average molecular weight is 751 g/mol. The number of imide groups is 1. The standard InChI is InChI=1S/C37H42N4O13/c1-17-32(46)20(38)13-27(53-17)54-22-15-37(51,23(16-42)39-40-24(43)9-4-3-5-12-41-25(44)10-11-26(41)45)14-19-29(22)36(50)31-30(34(19)48)33(47)18-7-6-8-21(52-2)28(18)35(31)49/h6-8,10-11,17,20,22,27,32,42,46,48,50-51H,3-5,9,12-16,38H2,1-2H3,(H,40,43)/t17-,20-,22-,27-,32+,37-/m0/s1. The van der Waals surface area contributed by atoms with Crippen molar-refractivity contribution in [2.75, 3.05) is 20.3 Å². The number of ketones is 2. The van der Waals surface area contributed by atoms with Crippen molar-refractivity contribution in [3.8, 4) is 17.2 Å². The molecule has 2 aliphatic carbocycles. The van der Waals surface area contributed by atoms with Crippen LogP contribution in [0.5, 0.6) is 17.2 Å². The van der Waals surface area contributed by atoms with Crippen LogP contribution in [-0.2, 0) is 30.3 Å². The molecule has 8 N–H and O–H groups in total. The van der Waals surface area contributed by atoms with Gasteiger partial charge in [-0.05, 0) is 25.8 Å². The van der Waals surface area contributed by atoms with Crippen LogP contribution in [0.4, 0.5) is 0 Å². The van der Waals surface area contributed by atoms with Gasteiger partial charge in [0.2, 0.25) is 11.7 Å². The Morgan fingerprint density at radius 1 is 1.06 bits per heavy atom. The molecule has 0 spiro atoms. The van der Waals surface area contributed by atoms with Crippen LogP contribution in [-0.4, -0.2) is 116 Å². The third kappa shape index (κ3) is 7.01. The Labute approximate surface area is 309 Å². The molecule has 17 nitrogen and oxygen atoms in total. The van der Waals surface area contributed by atoms with Crippen LogP contribution in [0.15, 0.2) is 35.5 Å². The lowest BCUT2D eigenvalue weighted by Crippen LogP contribution is -2.53. The largest absolute Gasteiger partial charge is 0.507 e. The first-order chi connectivity index (χ1) is 25.7. The SMILES string of the molecule is COc1cccc2c1C(=O)c1c(O)c3c(c(O)c1C2=O)C[C@@](O)(C(CO)=NNC(=O)CCCCCN1C(=O)C=CC1=O)C[C@@H]3O[C@H]1C[C@H](N)[C@H](O)[C@H](C)O1. The predicted molar refractivity (Wildman–Crippen MR) is 187 cm³/mol.